The molecule has 0 saturated carbocycles. The summed E-state index contributed by atoms with van der Waals surface area (Å²) >= 11 is 0. The molecule has 0 aromatic carbocycles. The summed E-state index contributed by atoms with van der Waals surface area (Å²) in [5.41, 5.74) is 5.51. The first-order chi connectivity index (χ1) is 8.35. The van der Waals surface area contributed by atoms with Crippen molar-refractivity contribution in [2.24, 2.45) is 5.73 Å². The Balaban J connectivity index is 2.12. The molecule has 1 atom stereocenters. The maximum Gasteiger partial charge on any atom is 0.410 e. The molecular weight excluding hydrogens is 232 g/mol. The van der Waals surface area contributed by atoms with E-state index >= 15 is 0 Å². The first-order valence-corrected chi connectivity index (χ1v) is 6.08. The molecule has 18 heavy (non-hydrogen) atoms. The Morgan fingerprint density at radius 3 is 2.89 bits per heavy atom. The van der Waals surface area contributed by atoms with E-state index in [9.17, 15) is 4.79 Å². The highest BCUT2D eigenvalue weighted by Gasteiger charge is 2.27. The second kappa shape index (κ2) is 4.61. The molecule has 0 bridgehead atoms. The Morgan fingerprint density at radius 1 is 1.50 bits per heavy atom. The number of nitrogens with two attached hydrogens (primary N) is 1. The van der Waals surface area contributed by atoms with Gasteiger partial charge in [-0.1, -0.05) is 0 Å². The summed E-state index contributed by atoms with van der Waals surface area (Å²) in [5.74, 6) is 0.841. The number of nitrogens with zero attached hydrogens (tertiary/aromatic N) is 3. The maximum absolute atomic E-state index is 12.1. The van der Waals surface area contributed by atoms with E-state index in [0.717, 1.165) is 5.82 Å². The minimum Gasteiger partial charge on any atom is -0.444 e. The third-order valence-corrected chi connectivity index (χ3v) is 2.67. The predicted molar refractivity (Wildman–Crippen MR) is 66.8 cm³/mol. The molecular formula is C12H20N4O2. The highest BCUT2D eigenvalue weighted by molar-refractivity contribution is 5.68. The minimum atomic E-state index is -0.497. The lowest BCUT2D eigenvalue weighted by atomic mass is 10.2. The van der Waals surface area contributed by atoms with Crippen LogP contribution in [0, 0.1) is 0 Å². The highest BCUT2D eigenvalue weighted by atomic mass is 16.6. The molecule has 6 heteroatoms. The summed E-state index contributed by atoms with van der Waals surface area (Å²) in [6.07, 6.45) is 3.27. The van der Waals surface area contributed by atoms with Crippen molar-refractivity contribution in [2.45, 2.75) is 45.5 Å². The average molecular weight is 252 g/mol. The molecule has 0 fully saturated rings. The van der Waals surface area contributed by atoms with Gasteiger partial charge in [-0.15, -0.1) is 0 Å². The van der Waals surface area contributed by atoms with E-state index in [0.29, 0.717) is 19.6 Å². The Hall–Kier alpha value is -1.56. The van der Waals surface area contributed by atoms with Crippen LogP contribution in [-0.4, -0.2) is 38.7 Å². The van der Waals surface area contributed by atoms with E-state index < -0.39 is 5.60 Å². The number of carbonyl (C=O) groups excluding carboxylic acids is 1. The van der Waals surface area contributed by atoms with Crippen LogP contribution < -0.4 is 5.73 Å². The molecule has 1 aromatic heterocycles. The van der Waals surface area contributed by atoms with E-state index in [1.807, 2.05) is 31.5 Å². The molecule has 0 aliphatic carbocycles. The zero-order valence-electron chi connectivity index (χ0n) is 11.1. The van der Waals surface area contributed by atoms with Gasteiger partial charge in [0.1, 0.15) is 11.4 Å². The zero-order valence-corrected chi connectivity index (χ0v) is 11.1. The summed E-state index contributed by atoms with van der Waals surface area (Å²) in [5, 5.41) is 0. The van der Waals surface area contributed by atoms with Gasteiger partial charge >= 0.3 is 6.09 Å². The Morgan fingerprint density at radius 2 is 2.22 bits per heavy atom. The second-order valence-electron chi connectivity index (χ2n) is 5.62. The summed E-state index contributed by atoms with van der Waals surface area (Å²) in [6, 6.07) is -0.104. The van der Waals surface area contributed by atoms with Crippen molar-refractivity contribution in [3.05, 3.63) is 18.2 Å². The standard InChI is InChI=1S/C12H20N4O2/c1-12(2,3)18-11(17)16-7-9(13)6-15-5-4-14-10(15)8-16/h4-5,9H,6-8,13H2,1-3H3. The lowest BCUT2D eigenvalue weighted by Crippen LogP contribution is -2.42. The van der Waals surface area contributed by atoms with Crippen LogP contribution in [0.25, 0.3) is 0 Å². The predicted octanol–water partition coefficient (Wildman–Crippen LogP) is 0.961. The van der Waals surface area contributed by atoms with E-state index in [-0.39, 0.29) is 12.1 Å². The molecule has 0 saturated heterocycles. The van der Waals surface area contributed by atoms with Crippen molar-refractivity contribution in [3.8, 4) is 0 Å². The third-order valence-electron chi connectivity index (χ3n) is 2.67. The third kappa shape index (κ3) is 3.01. The van der Waals surface area contributed by atoms with Crippen molar-refractivity contribution in [1.29, 1.82) is 0 Å². The van der Waals surface area contributed by atoms with Crippen LogP contribution in [0.3, 0.4) is 0 Å². The van der Waals surface area contributed by atoms with Crippen LogP contribution in [0.2, 0.25) is 0 Å². The molecule has 1 unspecified atom stereocenters. The van der Waals surface area contributed by atoms with E-state index in [2.05, 4.69) is 4.98 Å². The van der Waals surface area contributed by atoms with Gasteiger partial charge in [-0.3, -0.25) is 4.90 Å². The fourth-order valence-electron chi connectivity index (χ4n) is 1.95. The second-order valence-corrected chi connectivity index (χ2v) is 5.62. The average Bonchev–Trinajstić information content (AvgIpc) is 2.55. The number of carbonyl (C=O) groups is 1. The van der Waals surface area contributed by atoms with Crippen LogP contribution in [0.5, 0.6) is 0 Å². The van der Waals surface area contributed by atoms with E-state index in [4.69, 9.17) is 10.5 Å². The number of aromatic nitrogens is 2. The number of hydrogen-bond acceptors (Lipinski definition) is 4. The van der Waals surface area contributed by atoms with Crippen molar-refractivity contribution in [1.82, 2.24) is 14.5 Å². The van der Waals surface area contributed by atoms with Gasteiger partial charge in [0, 0.05) is 31.5 Å². The molecule has 1 aromatic rings. The summed E-state index contributed by atoms with van der Waals surface area (Å²) < 4.78 is 7.35. The lowest BCUT2D eigenvalue weighted by Gasteiger charge is -2.27. The van der Waals surface area contributed by atoms with Gasteiger partial charge in [0.05, 0.1) is 6.54 Å². The molecule has 2 rings (SSSR count). The number of fused-ring (bicyclic) bond motifs is 1. The van der Waals surface area contributed by atoms with Gasteiger partial charge in [0.15, 0.2) is 0 Å². The highest BCUT2D eigenvalue weighted by Crippen LogP contribution is 2.15. The van der Waals surface area contributed by atoms with Crippen molar-refractivity contribution < 1.29 is 9.53 Å². The number of rotatable bonds is 0. The van der Waals surface area contributed by atoms with Crippen molar-refractivity contribution >= 4 is 6.09 Å². The molecule has 100 valence electrons. The van der Waals surface area contributed by atoms with Crippen LogP contribution in [0.1, 0.15) is 26.6 Å². The fraction of sp³-hybridized carbons (Fsp3) is 0.667. The van der Waals surface area contributed by atoms with Gasteiger partial charge < -0.3 is 15.0 Å². The number of hydrogen-bond donors (Lipinski definition) is 1. The van der Waals surface area contributed by atoms with E-state index in [1.165, 1.54) is 0 Å². The van der Waals surface area contributed by atoms with E-state index in [1.54, 1.807) is 11.1 Å². The van der Waals surface area contributed by atoms with Crippen LogP contribution in [-0.2, 0) is 17.8 Å². The van der Waals surface area contributed by atoms with Crippen LogP contribution in [0.15, 0.2) is 12.4 Å². The van der Waals surface area contributed by atoms with Crippen LogP contribution >= 0.6 is 0 Å². The zero-order chi connectivity index (χ0) is 13.3. The molecule has 0 spiro atoms. The first kappa shape index (κ1) is 12.9. The smallest absolute Gasteiger partial charge is 0.410 e. The lowest BCUT2D eigenvalue weighted by molar-refractivity contribution is 0.0226. The van der Waals surface area contributed by atoms with Crippen LogP contribution in [0.4, 0.5) is 4.79 Å². The summed E-state index contributed by atoms with van der Waals surface area (Å²) in [7, 11) is 0. The molecule has 1 aliphatic heterocycles. The Labute approximate surface area is 107 Å². The largest absolute Gasteiger partial charge is 0.444 e. The molecule has 2 heterocycles. The summed E-state index contributed by atoms with van der Waals surface area (Å²) in [6.45, 7) is 7.15. The van der Waals surface area contributed by atoms with Gasteiger partial charge in [0.25, 0.3) is 0 Å². The Bertz CT molecular complexity index is 436. The number of ether oxygens (including phenoxy) is 1. The summed E-state index contributed by atoms with van der Waals surface area (Å²) in [4.78, 5) is 17.9. The molecule has 1 amide bonds. The van der Waals surface area contributed by atoms with Gasteiger partial charge in [-0.05, 0) is 20.8 Å². The molecule has 2 N–H and O–H groups in total. The van der Waals surface area contributed by atoms with Gasteiger partial charge in [-0.25, -0.2) is 9.78 Å². The molecule has 0 radical (unpaired) electrons. The molecule has 6 nitrogen and oxygen atoms in total. The van der Waals surface area contributed by atoms with Gasteiger partial charge in [0.2, 0.25) is 0 Å². The quantitative estimate of drug-likeness (QED) is 0.746. The topological polar surface area (TPSA) is 73.4 Å². The number of amides is 1. The Kier molecular flexibility index (Phi) is 3.30. The fourth-order valence-corrected chi connectivity index (χ4v) is 1.95. The normalized spacial score (nSPS) is 20.2. The van der Waals surface area contributed by atoms with Crippen molar-refractivity contribution in [2.75, 3.05) is 6.54 Å². The van der Waals surface area contributed by atoms with Crippen molar-refractivity contribution in [3.63, 3.8) is 0 Å². The molecule has 1 aliphatic rings. The minimum absolute atomic E-state index is 0.104. The maximum atomic E-state index is 12.1. The first-order valence-electron chi connectivity index (χ1n) is 6.08. The number of imidazole rings is 1. The SMILES string of the molecule is CC(C)(C)OC(=O)N1Cc2nccn2CC(N)C1. The monoisotopic (exact) mass is 252 g/mol. The van der Waals surface area contributed by atoms with Gasteiger partial charge in [-0.2, -0.15) is 0 Å².